The molecule has 12 heteroatoms. The molecule has 1 fully saturated rings. The first-order valence-electron chi connectivity index (χ1n) is 9.76. The summed E-state index contributed by atoms with van der Waals surface area (Å²) < 4.78 is 45.8. The highest BCUT2D eigenvalue weighted by Gasteiger charge is 2.31. The Morgan fingerprint density at radius 3 is 2.30 bits per heavy atom. The molecule has 1 saturated heterocycles. The van der Waals surface area contributed by atoms with Crippen LogP contribution in [0.1, 0.15) is 10.6 Å². The van der Waals surface area contributed by atoms with Gasteiger partial charge in [0, 0.05) is 43.9 Å². The summed E-state index contributed by atoms with van der Waals surface area (Å²) in [5, 5.41) is 10.5. The van der Waals surface area contributed by atoms with Gasteiger partial charge in [-0.3, -0.25) is 14.9 Å². The minimum absolute atomic E-state index is 0.0546. The number of nitro benzene ring substituents is 1. The van der Waals surface area contributed by atoms with Crippen molar-refractivity contribution in [1.82, 2.24) is 9.21 Å². The summed E-state index contributed by atoms with van der Waals surface area (Å²) in [7, 11) is -3.88. The Kier molecular flexibility index (Phi) is 6.19. The minimum Gasteiger partial charge on any atom is -0.451 e. The van der Waals surface area contributed by atoms with Crippen molar-refractivity contribution in [2.45, 2.75) is 4.90 Å². The van der Waals surface area contributed by atoms with E-state index in [1.807, 2.05) is 0 Å². The Morgan fingerprint density at radius 1 is 1.03 bits per heavy atom. The summed E-state index contributed by atoms with van der Waals surface area (Å²) in [5.41, 5.74) is 0.519. The number of nitro groups is 1. The molecular weight excluding hydrogens is 477 g/mol. The van der Waals surface area contributed by atoms with E-state index < -0.39 is 26.7 Å². The van der Waals surface area contributed by atoms with E-state index in [1.54, 1.807) is 6.07 Å². The lowest BCUT2D eigenvalue weighted by Crippen LogP contribution is -2.50. The molecule has 4 rings (SSSR count). The molecule has 1 aliphatic rings. The second-order valence-corrected chi connectivity index (χ2v) is 9.59. The Hall–Kier alpha value is -3.28. The smallest absolute Gasteiger partial charge is 0.289 e. The van der Waals surface area contributed by atoms with Gasteiger partial charge < -0.3 is 9.32 Å². The average molecular weight is 494 g/mol. The number of piperazine rings is 1. The third kappa shape index (κ3) is 4.61. The van der Waals surface area contributed by atoms with E-state index in [0.717, 1.165) is 18.2 Å². The van der Waals surface area contributed by atoms with Gasteiger partial charge in [0.15, 0.2) is 5.76 Å². The Bertz CT molecular complexity index is 1320. The van der Waals surface area contributed by atoms with Crippen molar-refractivity contribution in [3.63, 3.8) is 0 Å². The second-order valence-electron chi connectivity index (χ2n) is 7.24. The predicted molar refractivity (Wildman–Crippen MR) is 117 cm³/mol. The highest BCUT2D eigenvalue weighted by atomic mass is 35.5. The summed E-state index contributed by atoms with van der Waals surface area (Å²) in [6, 6.07) is 12.0. The highest BCUT2D eigenvalue weighted by molar-refractivity contribution is 7.89. The molecule has 1 aliphatic heterocycles. The topological polar surface area (TPSA) is 114 Å². The SMILES string of the molecule is O=C(c1ccc(-c2ccc([N+](=O)[O-])cc2)o1)N1CCN(S(=O)(=O)c2ccc(F)c(Cl)c2)CC1. The van der Waals surface area contributed by atoms with Crippen LogP contribution in [0.2, 0.25) is 5.02 Å². The fourth-order valence-corrected chi connectivity index (χ4v) is 5.12. The molecule has 2 aromatic carbocycles. The molecule has 0 aliphatic carbocycles. The van der Waals surface area contributed by atoms with Crippen LogP contribution in [-0.4, -0.2) is 54.6 Å². The van der Waals surface area contributed by atoms with Gasteiger partial charge in [0.25, 0.3) is 11.6 Å². The number of hydrogen-bond acceptors (Lipinski definition) is 6. The van der Waals surface area contributed by atoms with Gasteiger partial charge >= 0.3 is 0 Å². The number of nitrogens with zero attached hydrogens (tertiary/aromatic N) is 3. The third-order valence-corrected chi connectivity index (χ3v) is 7.42. The first kappa shape index (κ1) is 22.9. The van der Waals surface area contributed by atoms with Crippen LogP contribution in [-0.2, 0) is 10.0 Å². The van der Waals surface area contributed by atoms with Crippen LogP contribution in [0.5, 0.6) is 0 Å². The van der Waals surface area contributed by atoms with E-state index in [2.05, 4.69) is 0 Å². The molecule has 1 aromatic heterocycles. The molecule has 0 N–H and O–H groups in total. The number of halogens is 2. The van der Waals surface area contributed by atoms with E-state index in [0.29, 0.717) is 11.3 Å². The van der Waals surface area contributed by atoms with Gasteiger partial charge in [-0.2, -0.15) is 4.31 Å². The molecule has 0 saturated carbocycles. The molecule has 1 amide bonds. The van der Waals surface area contributed by atoms with E-state index in [4.69, 9.17) is 16.0 Å². The zero-order valence-electron chi connectivity index (χ0n) is 17.0. The molecule has 0 unspecified atom stereocenters. The fraction of sp³-hybridized carbons (Fsp3) is 0.190. The first-order valence-corrected chi connectivity index (χ1v) is 11.6. The summed E-state index contributed by atoms with van der Waals surface area (Å²) in [6.45, 7) is 0.388. The number of rotatable bonds is 5. The van der Waals surface area contributed by atoms with Crippen LogP contribution < -0.4 is 0 Å². The van der Waals surface area contributed by atoms with Gasteiger partial charge in [-0.25, -0.2) is 12.8 Å². The van der Waals surface area contributed by atoms with E-state index in [-0.39, 0.29) is 47.5 Å². The molecular formula is C21H17ClFN3O6S. The maximum Gasteiger partial charge on any atom is 0.289 e. The number of benzene rings is 2. The van der Waals surface area contributed by atoms with Gasteiger partial charge in [0.2, 0.25) is 10.0 Å². The average Bonchev–Trinajstić information content (AvgIpc) is 3.31. The van der Waals surface area contributed by atoms with Crippen molar-refractivity contribution in [2.75, 3.05) is 26.2 Å². The van der Waals surface area contributed by atoms with Crippen LogP contribution >= 0.6 is 11.6 Å². The van der Waals surface area contributed by atoms with Gasteiger partial charge in [-0.1, -0.05) is 11.6 Å². The lowest BCUT2D eigenvalue weighted by atomic mass is 10.1. The monoisotopic (exact) mass is 493 g/mol. The Labute approximate surface area is 193 Å². The second kappa shape index (κ2) is 8.93. The highest BCUT2D eigenvalue weighted by Crippen LogP contribution is 2.26. The number of non-ortho nitro benzene ring substituents is 1. The lowest BCUT2D eigenvalue weighted by Gasteiger charge is -2.33. The van der Waals surface area contributed by atoms with Crippen LogP contribution in [0.3, 0.4) is 0 Å². The quantitative estimate of drug-likeness (QED) is 0.394. The summed E-state index contributed by atoms with van der Waals surface area (Å²) in [4.78, 5) is 24.4. The Balaban J connectivity index is 1.42. The maximum absolute atomic E-state index is 13.4. The van der Waals surface area contributed by atoms with E-state index in [9.17, 15) is 27.7 Å². The number of amides is 1. The van der Waals surface area contributed by atoms with Crippen molar-refractivity contribution in [1.29, 1.82) is 0 Å². The van der Waals surface area contributed by atoms with Gasteiger partial charge in [0.1, 0.15) is 11.6 Å². The van der Waals surface area contributed by atoms with Crippen molar-refractivity contribution < 1.29 is 26.9 Å². The van der Waals surface area contributed by atoms with Crippen LogP contribution in [0, 0.1) is 15.9 Å². The summed E-state index contributed by atoms with van der Waals surface area (Å²) in [5.74, 6) is -0.657. The maximum atomic E-state index is 13.4. The van der Waals surface area contributed by atoms with Crippen LogP contribution in [0.4, 0.5) is 10.1 Å². The number of sulfonamides is 1. The zero-order valence-corrected chi connectivity index (χ0v) is 18.6. The lowest BCUT2D eigenvalue weighted by molar-refractivity contribution is -0.384. The van der Waals surface area contributed by atoms with Gasteiger partial charge in [-0.05, 0) is 42.5 Å². The molecule has 172 valence electrons. The molecule has 9 nitrogen and oxygen atoms in total. The molecule has 0 bridgehead atoms. The van der Waals surface area contributed by atoms with Crippen LogP contribution in [0.25, 0.3) is 11.3 Å². The van der Waals surface area contributed by atoms with Crippen molar-refractivity contribution in [3.05, 3.63) is 81.3 Å². The molecule has 2 heterocycles. The van der Waals surface area contributed by atoms with Gasteiger partial charge in [0.05, 0.1) is 14.8 Å². The van der Waals surface area contributed by atoms with Crippen molar-refractivity contribution in [2.24, 2.45) is 0 Å². The number of carbonyl (C=O) groups excluding carboxylic acids is 1. The molecule has 0 spiro atoms. The molecule has 0 atom stereocenters. The number of hydrogen-bond donors (Lipinski definition) is 0. The number of carbonyl (C=O) groups is 1. The molecule has 33 heavy (non-hydrogen) atoms. The third-order valence-electron chi connectivity index (χ3n) is 5.23. The minimum atomic E-state index is -3.88. The Morgan fingerprint density at radius 2 is 1.70 bits per heavy atom. The number of furan rings is 1. The van der Waals surface area contributed by atoms with Gasteiger partial charge in [-0.15, -0.1) is 0 Å². The summed E-state index contributed by atoms with van der Waals surface area (Å²) >= 11 is 5.71. The summed E-state index contributed by atoms with van der Waals surface area (Å²) in [6.07, 6.45) is 0. The van der Waals surface area contributed by atoms with Crippen molar-refractivity contribution in [3.8, 4) is 11.3 Å². The van der Waals surface area contributed by atoms with E-state index >= 15 is 0 Å². The van der Waals surface area contributed by atoms with E-state index in [1.165, 1.54) is 39.5 Å². The predicted octanol–water partition coefficient (Wildman–Crippen LogP) is 3.79. The first-order chi connectivity index (χ1) is 15.7. The fourth-order valence-electron chi connectivity index (χ4n) is 3.43. The molecule has 3 aromatic rings. The van der Waals surface area contributed by atoms with Crippen molar-refractivity contribution >= 4 is 33.2 Å². The standard InChI is InChI=1S/C21H17ClFN3O6S/c22-17-13-16(5-6-18(17)23)33(30,31)25-11-9-24(10-12-25)21(27)20-8-7-19(32-20)14-1-3-15(4-2-14)26(28)29/h1-8,13H,9-12H2. The molecule has 0 radical (unpaired) electrons. The largest absolute Gasteiger partial charge is 0.451 e. The normalized spacial score (nSPS) is 14.9. The van der Waals surface area contributed by atoms with Crippen LogP contribution in [0.15, 0.2) is 63.9 Å². The zero-order chi connectivity index (χ0) is 23.8.